The van der Waals surface area contributed by atoms with Crippen LogP contribution in [-0.4, -0.2) is 22.2 Å². The third-order valence-corrected chi connectivity index (χ3v) is 5.73. The molecule has 1 aliphatic carbocycles. The Kier molecular flexibility index (Phi) is 7.75. The lowest BCUT2D eigenvalue weighted by atomic mass is 9.87. The largest absolute Gasteiger partial charge is 0.481 e. The first-order valence-corrected chi connectivity index (χ1v) is 9.53. The molecule has 2 atom stereocenters. The average molecular weight is 341 g/mol. The highest BCUT2D eigenvalue weighted by Gasteiger charge is 2.35. The lowest BCUT2D eigenvalue weighted by Gasteiger charge is -2.18. The lowest BCUT2D eigenvalue weighted by Crippen LogP contribution is -2.23. The standard InChI is InChI=1S/C20H36O4/c1-19(2,17(21)22)12-8-5-6-10-15-14-16(15)11-7-9-13-20(3,4)18(23)24/h15-16H,5-14H2,1-4H3,(H,21,22)(H,23,24). The summed E-state index contributed by atoms with van der Waals surface area (Å²) in [6, 6.07) is 0. The van der Waals surface area contributed by atoms with Gasteiger partial charge in [0.15, 0.2) is 0 Å². The molecule has 24 heavy (non-hydrogen) atoms. The number of aliphatic carboxylic acids is 2. The van der Waals surface area contributed by atoms with Crippen LogP contribution in [0.3, 0.4) is 0 Å². The summed E-state index contributed by atoms with van der Waals surface area (Å²) in [4.78, 5) is 22.1. The molecule has 0 aromatic heterocycles. The third-order valence-electron chi connectivity index (χ3n) is 5.73. The number of hydrogen-bond acceptors (Lipinski definition) is 2. The quantitative estimate of drug-likeness (QED) is 0.443. The van der Waals surface area contributed by atoms with Crippen molar-refractivity contribution in [2.24, 2.45) is 22.7 Å². The van der Waals surface area contributed by atoms with Crippen LogP contribution in [0.2, 0.25) is 0 Å². The van der Waals surface area contributed by atoms with E-state index in [0.717, 1.165) is 50.4 Å². The Balaban J connectivity index is 2.00. The number of hydrogen-bond donors (Lipinski definition) is 2. The Labute approximate surface area is 147 Å². The molecule has 4 heteroatoms. The smallest absolute Gasteiger partial charge is 0.309 e. The van der Waals surface area contributed by atoms with Gasteiger partial charge in [-0.25, -0.2) is 0 Å². The molecule has 1 fully saturated rings. The molecule has 0 heterocycles. The Morgan fingerprint density at radius 1 is 0.750 bits per heavy atom. The van der Waals surface area contributed by atoms with Gasteiger partial charge < -0.3 is 10.2 Å². The average Bonchev–Trinajstić information content (AvgIpc) is 3.21. The molecule has 0 radical (unpaired) electrons. The van der Waals surface area contributed by atoms with Crippen LogP contribution < -0.4 is 0 Å². The van der Waals surface area contributed by atoms with E-state index in [1.165, 1.54) is 25.7 Å². The highest BCUT2D eigenvalue weighted by molar-refractivity contribution is 5.73. The van der Waals surface area contributed by atoms with Crippen molar-refractivity contribution >= 4 is 11.9 Å². The van der Waals surface area contributed by atoms with Crippen molar-refractivity contribution in [3.8, 4) is 0 Å². The summed E-state index contributed by atoms with van der Waals surface area (Å²) in [5.41, 5.74) is -1.18. The summed E-state index contributed by atoms with van der Waals surface area (Å²) < 4.78 is 0. The number of rotatable bonds is 13. The summed E-state index contributed by atoms with van der Waals surface area (Å²) in [5.74, 6) is 0.326. The monoisotopic (exact) mass is 340 g/mol. The maximum atomic E-state index is 11.1. The molecule has 2 unspecified atom stereocenters. The first-order chi connectivity index (χ1) is 11.1. The Morgan fingerprint density at radius 3 is 1.54 bits per heavy atom. The highest BCUT2D eigenvalue weighted by atomic mass is 16.4. The number of carboxylic acids is 2. The van der Waals surface area contributed by atoms with Gasteiger partial charge in [0.2, 0.25) is 0 Å². The Hall–Kier alpha value is -1.06. The van der Waals surface area contributed by atoms with E-state index in [9.17, 15) is 9.59 Å². The van der Waals surface area contributed by atoms with Gasteiger partial charge in [-0.3, -0.25) is 9.59 Å². The van der Waals surface area contributed by atoms with Gasteiger partial charge in [0, 0.05) is 0 Å². The van der Waals surface area contributed by atoms with Crippen LogP contribution in [0, 0.1) is 22.7 Å². The second-order valence-corrected chi connectivity index (χ2v) is 8.98. The number of carboxylic acid groups (broad SMARTS) is 2. The van der Waals surface area contributed by atoms with E-state index in [1.54, 1.807) is 27.7 Å². The zero-order chi connectivity index (χ0) is 18.4. The first-order valence-electron chi connectivity index (χ1n) is 9.53. The number of carbonyl (C=O) groups is 2. The van der Waals surface area contributed by atoms with Crippen LogP contribution in [0.1, 0.15) is 91.9 Å². The summed E-state index contributed by atoms with van der Waals surface area (Å²) >= 11 is 0. The predicted molar refractivity (Wildman–Crippen MR) is 96.0 cm³/mol. The second kappa shape index (κ2) is 8.87. The van der Waals surface area contributed by atoms with E-state index in [-0.39, 0.29) is 0 Å². The van der Waals surface area contributed by atoms with E-state index in [4.69, 9.17) is 10.2 Å². The Morgan fingerprint density at radius 2 is 1.12 bits per heavy atom. The van der Waals surface area contributed by atoms with Gasteiger partial charge in [-0.1, -0.05) is 44.9 Å². The highest BCUT2D eigenvalue weighted by Crippen LogP contribution is 2.46. The van der Waals surface area contributed by atoms with Gasteiger partial charge in [0.1, 0.15) is 0 Å². The van der Waals surface area contributed by atoms with Gasteiger partial charge in [-0.15, -0.1) is 0 Å². The number of unbranched alkanes of at least 4 members (excludes halogenated alkanes) is 3. The van der Waals surface area contributed by atoms with Crippen LogP contribution in [0.25, 0.3) is 0 Å². The summed E-state index contributed by atoms with van der Waals surface area (Å²) in [6.45, 7) is 7.22. The topological polar surface area (TPSA) is 74.6 Å². The van der Waals surface area contributed by atoms with Crippen molar-refractivity contribution in [1.82, 2.24) is 0 Å². The predicted octanol–water partition coefficient (Wildman–Crippen LogP) is 5.36. The van der Waals surface area contributed by atoms with Crippen molar-refractivity contribution in [3.63, 3.8) is 0 Å². The van der Waals surface area contributed by atoms with E-state index in [1.807, 2.05) is 0 Å². The van der Waals surface area contributed by atoms with Gasteiger partial charge in [0.25, 0.3) is 0 Å². The SMILES string of the molecule is CC(C)(CCCCCC1CC1CCCCC(C)(C)C(=O)O)C(=O)O. The zero-order valence-corrected chi connectivity index (χ0v) is 15.9. The molecule has 140 valence electrons. The van der Waals surface area contributed by atoms with Crippen molar-refractivity contribution in [2.45, 2.75) is 91.9 Å². The van der Waals surface area contributed by atoms with E-state index < -0.39 is 22.8 Å². The fourth-order valence-electron chi connectivity index (χ4n) is 3.35. The lowest BCUT2D eigenvalue weighted by molar-refractivity contribution is -0.148. The molecule has 0 bridgehead atoms. The van der Waals surface area contributed by atoms with Crippen LogP contribution in [0.15, 0.2) is 0 Å². The minimum absolute atomic E-state index is 0.591. The fraction of sp³-hybridized carbons (Fsp3) is 0.900. The van der Waals surface area contributed by atoms with Gasteiger partial charge in [-0.05, 0) is 58.8 Å². The normalized spacial score (nSPS) is 20.8. The first kappa shape index (κ1) is 21.0. The molecule has 0 amide bonds. The third kappa shape index (κ3) is 7.23. The van der Waals surface area contributed by atoms with Crippen molar-refractivity contribution < 1.29 is 19.8 Å². The van der Waals surface area contributed by atoms with Crippen molar-refractivity contribution in [3.05, 3.63) is 0 Å². The maximum absolute atomic E-state index is 11.1. The second-order valence-electron chi connectivity index (χ2n) is 8.98. The molecule has 0 aromatic rings. The fourth-order valence-corrected chi connectivity index (χ4v) is 3.35. The van der Waals surface area contributed by atoms with Crippen LogP contribution in [0.4, 0.5) is 0 Å². The Bertz CT molecular complexity index is 425. The summed E-state index contributed by atoms with van der Waals surface area (Å²) in [7, 11) is 0. The molecule has 0 saturated heterocycles. The van der Waals surface area contributed by atoms with E-state index in [0.29, 0.717) is 0 Å². The zero-order valence-electron chi connectivity index (χ0n) is 15.9. The summed E-state index contributed by atoms with van der Waals surface area (Å²) in [6.07, 6.45) is 10.9. The maximum Gasteiger partial charge on any atom is 0.309 e. The molecule has 0 aliphatic heterocycles. The molecule has 0 spiro atoms. The summed E-state index contributed by atoms with van der Waals surface area (Å²) in [5, 5.41) is 18.2. The van der Waals surface area contributed by atoms with Gasteiger partial charge in [-0.2, -0.15) is 0 Å². The van der Waals surface area contributed by atoms with Crippen molar-refractivity contribution in [2.75, 3.05) is 0 Å². The van der Waals surface area contributed by atoms with Gasteiger partial charge in [0.05, 0.1) is 10.8 Å². The van der Waals surface area contributed by atoms with Gasteiger partial charge >= 0.3 is 11.9 Å². The molecule has 1 rings (SSSR count). The molecule has 2 N–H and O–H groups in total. The molecule has 1 aliphatic rings. The minimum Gasteiger partial charge on any atom is -0.481 e. The van der Waals surface area contributed by atoms with Crippen LogP contribution in [-0.2, 0) is 9.59 Å². The van der Waals surface area contributed by atoms with E-state index in [2.05, 4.69) is 0 Å². The molecule has 4 nitrogen and oxygen atoms in total. The van der Waals surface area contributed by atoms with E-state index >= 15 is 0 Å². The van der Waals surface area contributed by atoms with Crippen molar-refractivity contribution in [1.29, 1.82) is 0 Å². The molecular formula is C20H36O4. The van der Waals surface area contributed by atoms with Crippen LogP contribution >= 0.6 is 0 Å². The molecule has 1 saturated carbocycles. The minimum atomic E-state index is -0.698. The molecular weight excluding hydrogens is 304 g/mol. The molecule has 0 aromatic carbocycles. The van der Waals surface area contributed by atoms with Crippen LogP contribution in [0.5, 0.6) is 0 Å².